The highest BCUT2D eigenvalue weighted by atomic mass is 79.9. The number of rotatable bonds is 11. The minimum atomic E-state index is -0.708. The minimum absolute atomic E-state index is 0.00939. The first-order chi connectivity index (χ1) is 17.7. The summed E-state index contributed by atoms with van der Waals surface area (Å²) in [5.41, 5.74) is 3.65. The maximum absolute atomic E-state index is 13.7. The Morgan fingerprint density at radius 3 is 2.27 bits per heavy atom. The van der Waals surface area contributed by atoms with Gasteiger partial charge in [0.25, 0.3) is 5.91 Å². The van der Waals surface area contributed by atoms with Gasteiger partial charge in [-0.3, -0.25) is 9.59 Å². The fourth-order valence-corrected chi connectivity index (χ4v) is 4.60. The largest absolute Gasteiger partial charge is 0.484 e. The molecule has 0 unspecified atom stereocenters. The number of aryl methyl sites for hydroxylation is 2. The van der Waals surface area contributed by atoms with E-state index in [0.29, 0.717) is 17.2 Å². The second-order valence-electron chi connectivity index (χ2n) is 9.33. The third kappa shape index (κ3) is 8.34. The Bertz CT molecular complexity index is 1200. The quantitative estimate of drug-likeness (QED) is 0.274. The van der Waals surface area contributed by atoms with Crippen molar-refractivity contribution >= 4 is 39.3 Å². The highest BCUT2D eigenvalue weighted by molar-refractivity contribution is 9.10. The van der Waals surface area contributed by atoms with Gasteiger partial charge in [-0.2, -0.15) is 0 Å². The van der Waals surface area contributed by atoms with Gasteiger partial charge in [0.1, 0.15) is 11.8 Å². The summed E-state index contributed by atoms with van der Waals surface area (Å²) in [7, 11) is 0. The molecule has 7 heteroatoms. The van der Waals surface area contributed by atoms with E-state index in [9.17, 15) is 9.59 Å². The zero-order valence-electron chi connectivity index (χ0n) is 21.8. The number of nitrogens with one attached hydrogen (secondary N) is 1. The van der Waals surface area contributed by atoms with Gasteiger partial charge in [0.15, 0.2) is 6.61 Å². The van der Waals surface area contributed by atoms with Crippen molar-refractivity contribution in [2.24, 2.45) is 0 Å². The Hall–Kier alpha value is -2.83. The maximum Gasteiger partial charge on any atom is 0.261 e. The summed E-state index contributed by atoms with van der Waals surface area (Å²) in [5.74, 6) is 0.115. The summed E-state index contributed by atoms with van der Waals surface area (Å²) in [5, 5.41) is 3.76. The molecule has 0 heterocycles. The standard InChI is InChI=1S/C30H34BrClN2O3/c1-5-22(4)33-30(36)27(17-23-10-7-6-8-11-23)34(18-24-12-9-13-25(31)16-24)28(35)19-37-26-14-20(2)29(32)21(3)15-26/h6-16,22,27H,5,17-19H2,1-4H3,(H,33,36)/t22-,27-/m0/s1. The summed E-state index contributed by atoms with van der Waals surface area (Å²) < 4.78 is 6.83. The van der Waals surface area contributed by atoms with Gasteiger partial charge in [0, 0.05) is 28.5 Å². The van der Waals surface area contributed by atoms with Crippen LogP contribution in [-0.4, -0.2) is 35.4 Å². The molecule has 0 aliphatic carbocycles. The monoisotopic (exact) mass is 584 g/mol. The summed E-state index contributed by atoms with van der Waals surface area (Å²) in [6.07, 6.45) is 1.18. The lowest BCUT2D eigenvalue weighted by molar-refractivity contribution is -0.143. The van der Waals surface area contributed by atoms with Crippen molar-refractivity contribution in [3.63, 3.8) is 0 Å². The highest BCUT2D eigenvalue weighted by Crippen LogP contribution is 2.26. The van der Waals surface area contributed by atoms with Crippen LogP contribution >= 0.6 is 27.5 Å². The smallest absolute Gasteiger partial charge is 0.261 e. The van der Waals surface area contributed by atoms with Gasteiger partial charge in [-0.05, 0) is 73.7 Å². The number of halogens is 2. The van der Waals surface area contributed by atoms with Gasteiger partial charge in [-0.1, -0.05) is 76.9 Å². The molecule has 0 saturated heterocycles. The Balaban J connectivity index is 1.93. The molecule has 3 aromatic rings. The molecule has 0 aromatic heterocycles. The lowest BCUT2D eigenvalue weighted by atomic mass is 10.0. The molecule has 0 radical (unpaired) electrons. The molecule has 2 atom stereocenters. The second-order valence-corrected chi connectivity index (χ2v) is 10.6. The van der Waals surface area contributed by atoms with Crippen LogP contribution in [0.5, 0.6) is 5.75 Å². The van der Waals surface area contributed by atoms with E-state index in [0.717, 1.165) is 33.1 Å². The first-order valence-electron chi connectivity index (χ1n) is 12.5. The first-order valence-corrected chi connectivity index (χ1v) is 13.6. The number of amides is 2. The van der Waals surface area contributed by atoms with Gasteiger partial charge >= 0.3 is 0 Å². The number of carbonyl (C=O) groups excluding carboxylic acids is 2. The van der Waals surface area contributed by atoms with Crippen molar-refractivity contribution in [3.05, 3.63) is 98.5 Å². The molecule has 1 N–H and O–H groups in total. The zero-order valence-corrected chi connectivity index (χ0v) is 24.1. The van der Waals surface area contributed by atoms with E-state index >= 15 is 0 Å². The van der Waals surface area contributed by atoms with Crippen molar-refractivity contribution < 1.29 is 14.3 Å². The molecule has 0 fully saturated rings. The number of ether oxygens (including phenoxy) is 1. The van der Waals surface area contributed by atoms with E-state index in [1.807, 2.05) is 94.4 Å². The lowest BCUT2D eigenvalue weighted by Gasteiger charge is -2.32. The molecule has 0 saturated carbocycles. The van der Waals surface area contributed by atoms with Crippen LogP contribution in [0, 0.1) is 13.8 Å². The van der Waals surface area contributed by atoms with E-state index in [2.05, 4.69) is 21.2 Å². The first kappa shape index (κ1) is 28.7. The molecule has 0 spiro atoms. The molecular formula is C30H34BrClN2O3. The van der Waals surface area contributed by atoms with Crippen molar-refractivity contribution in [2.45, 2.75) is 59.2 Å². The molecular weight excluding hydrogens is 552 g/mol. The number of carbonyl (C=O) groups is 2. The van der Waals surface area contributed by atoms with E-state index in [-0.39, 0.29) is 31.0 Å². The molecule has 2 amide bonds. The summed E-state index contributed by atoms with van der Waals surface area (Å²) in [6.45, 7) is 7.86. The third-order valence-corrected chi connectivity index (χ3v) is 7.38. The number of hydrogen-bond acceptors (Lipinski definition) is 3. The fraction of sp³-hybridized carbons (Fsp3) is 0.333. The van der Waals surface area contributed by atoms with Crippen LogP contribution in [0.4, 0.5) is 0 Å². The van der Waals surface area contributed by atoms with Gasteiger partial charge < -0.3 is 15.0 Å². The van der Waals surface area contributed by atoms with Gasteiger partial charge in [0.05, 0.1) is 0 Å². The average molecular weight is 586 g/mol. The highest BCUT2D eigenvalue weighted by Gasteiger charge is 2.31. The van der Waals surface area contributed by atoms with Gasteiger partial charge in [-0.25, -0.2) is 0 Å². The minimum Gasteiger partial charge on any atom is -0.484 e. The van der Waals surface area contributed by atoms with Crippen LogP contribution in [0.3, 0.4) is 0 Å². The summed E-state index contributed by atoms with van der Waals surface area (Å²) in [6, 6.07) is 20.4. The molecule has 0 aliphatic heterocycles. The van der Waals surface area contributed by atoms with E-state index < -0.39 is 6.04 Å². The van der Waals surface area contributed by atoms with Crippen molar-refractivity contribution in [3.8, 4) is 5.75 Å². The summed E-state index contributed by atoms with van der Waals surface area (Å²) in [4.78, 5) is 28.9. The number of hydrogen-bond donors (Lipinski definition) is 1. The van der Waals surface area contributed by atoms with Crippen LogP contribution in [0.15, 0.2) is 71.2 Å². The van der Waals surface area contributed by atoms with Crippen molar-refractivity contribution in [1.82, 2.24) is 10.2 Å². The maximum atomic E-state index is 13.7. The van der Waals surface area contributed by atoms with Crippen LogP contribution in [-0.2, 0) is 22.6 Å². The average Bonchev–Trinajstić information content (AvgIpc) is 2.88. The van der Waals surface area contributed by atoms with Crippen LogP contribution in [0.2, 0.25) is 5.02 Å². The van der Waals surface area contributed by atoms with Crippen molar-refractivity contribution in [2.75, 3.05) is 6.61 Å². The molecule has 5 nitrogen and oxygen atoms in total. The number of nitrogens with zero attached hydrogens (tertiary/aromatic N) is 1. The molecule has 0 aliphatic rings. The Morgan fingerprint density at radius 1 is 1.00 bits per heavy atom. The number of benzene rings is 3. The molecule has 196 valence electrons. The molecule has 3 rings (SSSR count). The molecule has 0 bridgehead atoms. The van der Waals surface area contributed by atoms with E-state index in [4.69, 9.17) is 16.3 Å². The molecule has 3 aromatic carbocycles. The second kappa shape index (κ2) is 13.6. The van der Waals surface area contributed by atoms with E-state index in [1.54, 1.807) is 4.90 Å². The Labute approximate surface area is 233 Å². The lowest BCUT2D eigenvalue weighted by Crippen LogP contribution is -2.53. The predicted octanol–water partition coefficient (Wildman–Crippen LogP) is 6.65. The SMILES string of the molecule is CC[C@H](C)NC(=O)[C@H](Cc1ccccc1)N(Cc1cccc(Br)c1)C(=O)COc1cc(C)c(Cl)c(C)c1. The van der Waals surface area contributed by atoms with Crippen LogP contribution in [0.1, 0.15) is 42.5 Å². The van der Waals surface area contributed by atoms with Crippen LogP contribution < -0.4 is 10.1 Å². The summed E-state index contributed by atoms with van der Waals surface area (Å²) >= 11 is 9.81. The molecule has 37 heavy (non-hydrogen) atoms. The normalized spacial score (nSPS) is 12.5. The van der Waals surface area contributed by atoms with Crippen LogP contribution in [0.25, 0.3) is 0 Å². The topological polar surface area (TPSA) is 58.6 Å². The van der Waals surface area contributed by atoms with Gasteiger partial charge in [0.2, 0.25) is 5.91 Å². The Morgan fingerprint density at radius 2 is 1.65 bits per heavy atom. The van der Waals surface area contributed by atoms with Gasteiger partial charge in [-0.15, -0.1) is 0 Å². The van der Waals surface area contributed by atoms with Crippen molar-refractivity contribution in [1.29, 1.82) is 0 Å². The Kier molecular flexibility index (Phi) is 10.6. The zero-order chi connectivity index (χ0) is 26.9. The fourth-order valence-electron chi connectivity index (χ4n) is 4.04. The third-order valence-electron chi connectivity index (χ3n) is 6.29. The van der Waals surface area contributed by atoms with E-state index in [1.165, 1.54) is 0 Å². The predicted molar refractivity (Wildman–Crippen MR) is 153 cm³/mol.